The summed E-state index contributed by atoms with van der Waals surface area (Å²) in [5, 5.41) is 2.29. The lowest BCUT2D eigenvalue weighted by molar-refractivity contribution is -0.275. The fourth-order valence-electron chi connectivity index (χ4n) is 14.8. The topological polar surface area (TPSA) is 214 Å². The summed E-state index contributed by atoms with van der Waals surface area (Å²) in [5.74, 6) is 2.10. The average Bonchev–Trinajstić information content (AvgIpc) is 1.67. The minimum atomic E-state index is -4.84. The van der Waals surface area contributed by atoms with Crippen LogP contribution in [0.5, 0.6) is 11.5 Å². The number of nitrogens with zero attached hydrogens (tertiary/aromatic N) is 5. The maximum absolute atomic E-state index is 13.4. The van der Waals surface area contributed by atoms with E-state index < -0.39 is 30.4 Å². The second-order valence-electron chi connectivity index (χ2n) is 31.4. The number of aromatic nitrogens is 10. The first-order chi connectivity index (χ1) is 66.0. The molecule has 10 heterocycles. The van der Waals surface area contributed by atoms with Gasteiger partial charge in [-0.15, -0.1) is 37.7 Å². The standard InChI is InChI=1S/C23H17F5N2O2.C22H17F3N2O.C21H14ClF3N2O2.C20H14Cl2N2O.C20H15ClN2S/c1-13-20(14-7-9-15(10-8-14)22(2,24)25)30-21(29-13)19-12-11-17(31-19)16-5-3-4-6-18(16)32-23(26,27)28;1-13-7-9-15(10-8-13)20-14(2)26-21(27-20)19-12-11-18(28-19)16-5-3-4-6-17(16)22(23,24)25;1-12-19(13-6-2-4-8-15(13)22)27-20(26-12)18-11-10-16(28-18)14-7-3-5-9-17(14)29-21(23,24)25;1-12-19(13-6-3-2-4-7-13)24-20(23-12)17-11-10-16(25-17)14-8-5-9-15(21)18(14)22;1-13-19(15-5-3-2-4-6-15)23-20(22-13)18-12-11-17(24-18)14-7-9-16(21)10-8-14/h3-12H,1-2H3,(H,29,30);3-12H,1-2H3,(H,26,27);2-11H,1H3,(H,26,27);2-11H,1H3,(H,23,24);2-12H,1H3,(H,22,23). The van der Waals surface area contributed by atoms with Gasteiger partial charge < -0.3 is 52.1 Å². The van der Waals surface area contributed by atoms with Gasteiger partial charge >= 0.3 is 18.9 Å². The second-order valence-corrected chi connectivity index (χ2v) is 34.1. The van der Waals surface area contributed by atoms with E-state index in [1.54, 1.807) is 85.0 Å². The van der Waals surface area contributed by atoms with Crippen LogP contribution in [0.3, 0.4) is 0 Å². The molecule has 698 valence electrons. The van der Waals surface area contributed by atoms with Crippen LogP contribution in [0.1, 0.15) is 52.1 Å². The third-order valence-corrected chi connectivity index (χ3v) is 24.0. The third-order valence-electron chi connectivity index (χ3n) is 21.4. The number of halogens is 15. The van der Waals surface area contributed by atoms with E-state index in [4.69, 9.17) is 69.1 Å². The molecule has 20 rings (SSSR count). The Labute approximate surface area is 806 Å². The quantitative estimate of drug-likeness (QED) is 0.0510. The summed E-state index contributed by atoms with van der Waals surface area (Å²) in [5.41, 5.74) is 15.4. The number of nitrogens with one attached hydrogen (secondary N) is 5. The van der Waals surface area contributed by atoms with Crippen molar-refractivity contribution >= 4 is 57.7 Å². The van der Waals surface area contributed by atoms with Gasteiger partial charge in [0.2, 0.25) is 0 Å². The number of benzene rings is 10. The molecule has 32 heteroatoms. The number of imidazole rings is 5. The third kappa shape index (κ3) is 22.9. The summed E-state index contributed by atoms with van der Waals surface area (Å²) in [6, 6.07) is 89.0. The van der Waals surface area contributed by atoms with Crippen molar-refractivity contribution in [2.24, 2.45) is 0 Å². The summed E-state index contributed by atoms with van der Waals surface area (Å²) >= 11 is 26.3. The molecule has 0 unspecified atom stereocenters. The number of thiophene rings is 1. The Morgan fingerprint density at radius 2 is 0.609 bits per heavy atom. The number of ether oxygens (including phenoxy) is 2. The van der Waals surface area contributed by atoms with Crippen LogP contribution < -0.4 is 9.47 Å². The van der Waals surface area contributed by atoms with Crippen LogP contribution >= 0.6 is 57.7 Å². The minimum absolute atomic E-state index is 0.00304. The van der Waals surface area contributed by atoms with Crippen molar-refractivity contribution in [3.63, 3.8) is 0 Å². The zero-order chi connectivity index (χ0) is 97.5. The van der Waals surface area contributed by atoms with Crippen molar-refractivity contribution in [2.75, 3.05) is 0 Å². The number of H-pyrrole nitrogens is 5. The van der Waals surface area contributed by atoms with Gasteiger partial charge in [0.25, 0.3) is 5.92 Å². The maximum Gasteiger partial charge on any atom is 0.573 e. The molecule has 0 saturated heterocycles. The smallest absolute Gasteiger partial charge is 0.453 e. The van der Waals surface area contributed by atoms with E-state index in [0.29, 0.717) is 89.8 Å². The van der Waals surface area contributed by atoms with Crippen molar-refractivity contribution in [1.82, 2.24) is 49.8 Å². The van der Waals surface area contributed by atoms with E-state index >= 15 is 0 Å². The molecule has 0 spiro atoms. The number of para-hydroxylation sites is 2. The van der Waals surface area contributed by atoms with Crippen LogP contribution in [-0.4, -0.2) is 62.6 Å². The predicted molar refractivity (Wildman–Crippen MR) is 518 cm³/mol. The molecule has 0 atom stereocenters. The van der Waals surface area contributed by atoms with Crippen molar-refractivity contribution < 1.29 is 75.4 Å². The predicted octanol–water partition coefficient (Wildman–Crippen LogP) is 33.9. The number of furan rings is 4. The molecule has 0 aliphatic heterocycles. The lowest BCUT2D eigenvalue weighted by Gasteiger charge is -2.11. The van der Waals surface area contributed by atoms with Gasteiger partial charge in [-0.05, 0) is 168 Å². The minimum Gasteiger partial charge on any atom is -0.453 e. The zero-order valence-electron chi connectivity index (χ0n) is 73.7. The van der Waals surface area contributed by atoms with E-state index in [1.807, 2.05) is 167 Å². The summed E-state index contributed by atoms with van der Waals surface area (Å²) in [4.78, 5) is 41.5. The monoisotopic (exact) mass is 1970 g/mol. The molecule has 0 aliphatic rings. The summed E-state index contributed by atoms with van der Waals surface area (Å²) < 4.78 is 174. The Balaban J connectivity index is 0.000000125. The van der Waals surface area contributed by atoms with Crippen LogP contribution in [-0.2, 0) is 12.1 Å². The molecule has 0 fully saturated rings. The Bertz CT molecular complexity index is 7610. The number of rotatable bonds is 18. The van der Waals surface area contributed by atoms with Gasteiger partial charge in [0, 0.05) is 89.8 Å². The number of hydrogen-bond donors (Lipinski definition) is 5. The van der Waals surface area contributed by atoms with E-state index in [1.165, 1.54) is 83.2 Å². The van der Waals surface area contributed by atoms with Crippen LogP contribution in [0.25, 0.3) is 169 Å². The molecule has 0 radical (unpaired) electrons. The summed E-state index contributed by atoms with van der Waals surface area (Å²) in [6.07, 6.45) is -14.1. The first kappa shape index (κ1) is 96.2. The van der Waals surface area contributed by atoms with Gasteiger partial charge in [-0.2, -0.15) is 13.2 Å². The second kappa shape index (κ2) is 40.9. The van der Waals surface area contributed by atoms with Crippen molar-refractivity contribution in [3.8, 4) is 181 Å². The number of aromatic amines is 5. The van der Waals surface area contributed by atoms with E-state index in [2.05, 4.69) is 85.5 Å². The summed E-state index contributed by atoms with van der Waals surface area (Å²) in [6.45, 7) is 12.4. The number of alkyl halides is 11. The normalized spacial score (nSPS) is 11.6. The Morgan fingerprint density at radius 3 is 1.04 bits per heavy atom. The average molecular weight is 1970 g/mol. The highest BCUT2D eigenvalue weighted by atomic mass is 35.5. The van der Waals surface area contributed by atoms with Gasteiger partial charge in [0.1, 0.15) is 40.4 Å². The summed E-state index contributed by atoms with van der Waals surface area (Å²) in [7, 11) is 0. The number of hydrogen-bond acceptors (Lipinski definition) is 12. The number of aryl methyl sites for hydroxylation is 6. The molecule has 0 saturated carbocycles. The highest BCUT2D eigenvalue weighted by Gasteiger charge is 2.37. The van der Waals surface area contributed by atoms with E-state index in [9.17, 15) is 48.3 Å². The van der Waals surface area contributed by atoms with Gasteiger partial charge in [0.05, 0.1) is 65.1 Å². The van der Waals surface area contributed by atoms with Crippen molar-refractivity contribution in [2.45, 2.75) is 73.3 Å². The van der Waals surface area contributed by atoms with Gasteiger partial charge in [-0.25, -0.2) is 33.7 Å². The molecule has 0 aliphatic carbocycles. The Hall–Kier alpha value is -14.9. The van der Waals surface area contributed by atoms with Crippen molar-refractivity contribution in [3.05, 3.63) is 375 Å². The Morgan fingerprint density at radius 1 is 0.283 bits per heavy atom. The SMILES string of the molecule is Cc1[nH]c(-c2ccc(-c3ccc(Cl)cc3)s2)nc1-c1ccccc1.Cc1[nH]c(-c2ccc(-c3cccc(Cl)c3Cl)o2)nc1-c1ccccc1.Cc1[nH]c(-c2ccc(-c3ccccc3OC(F)(F)F)o2)nc1-c1ccc(C(C)(F)F)cc1.Cc1[nH]c(-c2ccc(-c3ccccc3OC(F)(F)F)o2)nc1-c1ccccc1Cl.Cc1ccc(-c2nc(-c3ccc(-c4ccccc4C(F)(F)F)o3)[nH]c2C)cc1. The first-order valence-electron chi connectivity index (χ1n) is 42.3. The molecule has 20 aromatic rings. The van der Waals surface area contributed by atoms with E-state index in [0.717, 1.165) is 102 Å². The first-order valence-corrected chi connectivity index (χ1v) is 44.6. The molecule has 5 N–H and O–H groups in total. The molecular formula is C106H77Cl4F11N10O6S. The van der Waals surface area contributed by atoms with E-state index in [-0.39, 0.29) is 51.0 Å². The molecule has 10 aromatic carbocycles. The highest BCUT2D eigenvalue weighted by Crippen LogP contribution is 2.45. The molecule has 138 heavy (non-hydrogen) atoms. The maximum atomic E-state index is 13.4. The fraction of sp³-hybridized carbons (Fsp3) is 0.104. The zero-order valence-corrected chi connectivity index (χ0v) is 77.5. The fourth-order valence-corrected chi connectivity index (χ4v) is 16.5. The lowest BCUT2D eigenvalue weighted by atomic mass is 10.0. The molecule has 0 bridgehead atoms. The molecule has 10 aromatic heterocycles. The van der Waals surface area contributed by atoms with Gasteiger partial charge in [-0.3, -0.25) is 0 Å². The van der Waals surface area contributed by atoms with Crippen LogP contribution in [0.2, 0.25) is 20.1 Å². The van der Waals surface area contributed by atoms with Crippen molar-refractivity contribution in [1.29, 1.82) is 0 Å². The largest absolute Gasteiger partial charge is 0.573 e. The molecule has 16 nitrogen and oxygen atoms in total. The van der Waals surface area contributed by atoms with Crippen LogP contribution in [0, 0.1) is 41.5 Å². The highest BCUT2D eigenvalue weighted by molar-refractivity contribution is 7.18. The van der Waals surface area contributed by atoms with Gasteiger partial charge in [0.15, 0.2) is 46.3 Å². The lowest BCUT2D eigenvalue weighted by Crippen LogP contribution is -2.17. The van der Waals surface area contributed by atoms with Crippen LogP contribution in [0.4, 0.5) is 48.3 Å². The molecular weight excluding hydrogens is 1890 g/mol. The molecule has 0 amide bonds. The van der Waals surface area contributed by atoms with Gasteiger partial charge in [-0.1, -0.05) is 240 Å². The van der Waals surface area contributed by atoms with Crippen LogP contribution in [0.15, 0.2) is 327 Å². The Kier molecular flexibility index (Phi) is 28.5.